The predicted octanol–water partition coefficient (Wildman–Crippen LogP) is 3.02. The van der Waals surface area contributed by atoms with Gasteiger partial charge in [0.05, 0.1) is 18.5 Å². The Hall–Kier alpha value is -1.77. The van der Waals surface area contributed by atoms with E-state index in [1.807, 2.05) is 0 Å². The number of hydrogen-bond acceptors (Lipinski definition) is 6. The summed E-state index contributed by atoms with van der Waals surface area (Å²) >= 11 is 1.53. The summed E-state index contributed by atoms with van der Waals surface area (Å²) in [7, 11) is 0. The van der Waals surface area contributed by atoms with Crippen molar-refractivity contribution in [1.82, 2.24) is 19.7 Å². The molecule has 1 atom stereocenters. The number of carbonyl (C=O) groups excluding carboxylic acids is 1. The zero-order chi connectivity index (χ0) is 19.3. The summed E-state index contributed by atoms with van der Waals surface area (Å²) in [5.74, 6) is 0.756. The van der Waals surface area contributed by atoms with Gasteiger partial charge in [-0.15, -0.1) is 10.2 Å². The molecule has 1 saturated carbocycles. The summed E-state index contributed by atoms with van der Waals surface area (Å²) in [5.41, 5.74) is 0.831. The molecule has 4 rings (SSSR count). The summed E-state index contributed by atoms with van der Waals surface area (Å²) in [4.78, 5) is 14.6. The lowest BCUT2D eigenvalue weighted by molar-refractivity contribution is -0.119. The van der Waals surface area contributed by atoms with Crippen molar-refractivity contribution < 1.29 is 13.9 Å². The van der Waals surface area contributed by atoms with Gasteiger partial charge in [-0.25, -0.2) is 4.39 Å². The van der Waals surface area contributed by atoms with Crippen LogP contribution in [0.25, 0.3) is 11.4 Å². The Balaban J connectivity index is 1.57. The maximum atomic E-state index is 13.3. The number of halogens is 1. The van der Waals surface area contributed by atoms with Gasteiger partial charge in [-0.05, 0) is 37.1 Å². The van der Waals surface area contributed by atoms with Crippen molar-refractivity contribution in [2.75, 3.05) is 32.8 Å². The third-order valence-electron chi connectivity index (χ3n) is 5.31. The molecule has 0 bridgehead atoms. The average Bonchev–Trinajstić information content (AvgIpc) is 3.12. The van der Waals surface area contributed by atoms with Crippen LogP contribution in [0.15, 0.2) is 29.4 Å². The van der Waals surface area contributed by atoms with Crippen molar-refractivity contribution in [2.24, 2.45) is 0 Å². The van der Waals surface area contributed by atoms with Crippen LogP contribution in [0, 0.1) is 5.82 Å². The van der Waals surface area contributed by atoms with Gasteiger partial charge >= 0.3 is 0 Å². The molecule has 6 nitrogen and oxygen atoms in total. The second-order valence-corrected chi connectivity index (χ2v) is 8.41. The van der Waals surface area contributed by atoms with Gasteiger partial charge in [0.1, 0.15) is 11.6 Å². The first-order valence-electron chi connectivity index (χ1n) is 9.89. The highest BCUT2D eigenvalue weighted by molar-refractivity contribution is 8.00. The molecule has 150 valence electrons. The van der Waals surface area contributed by atoms with Gasteiger partial charge < -0.3 is 9.30 Å². The van der Waals surface area contributed by atoms with E-state index < -0.39 is 0 Å². The number of rotatable bonds is 6. The number of nitrogens with zero attached hydrogens (tertiary/aromatic N) is 4. The molecule has 2 aromatic rings. The van der Waals surface area contributed by atoms with Gasteiger partial charge in [0, 0.05) is 38.2 Å². The van der Waals surface area contributed by atoms with E-state index in [1.54, 1.807) is 12.1 Å². The number of ether oxygens (including phenoxy) is 1. The van der Waals surface area contributed by atoms with Crippen molar-refractivity contribution in [3.05, 3.63) is 30.1 Å². The SMILES string of the molecule is O=C1CCCCC1Sc1nnc(-c2ccc(F)cc2)n1CCN1CCOCC1. The van der Waals surface area contributed by atoms with E-state index in [-0.39, 0.29) is 11.1 Å². The standard InChI is InChI=1S/C20H25FN4O2S/c21-16-7-5-15(6-8-16)19-22-23-20(28-18-4-2-1-3-17(18)26)25(19)10-9-24-11-13-27-14-12-24/h5-8,18H,1-4,9-14H2. The Morgan fingerprint density at radius 3 is 2.64 bits per heavy atom. The van der Waals surface area contributed by atoms with E-state index in [0.29, 0.717) is 12.2 Å². The van der Waals surface area contributed by atoms with E-state index in [4.69, 9.17) is 4.74 Å². The molecule has 0 N–H and O–H groups in total. The second-order valence-electron chi connectivity index (χ2n) is 7.24. The first-order chi connectivity index (χ1) is 13.7. The van der Waals surface area contributed by atoms with Gasteiger partial charge in [0.25, 0.3) is 0 Å². The van der Waals surface area contributed by atoms with Gasteiger partial charge in [0.15, 0.2) is 11.0 Å². The third kappa shape index (κ3) is 4.61. The summed E-state index contributed by atoms with van der Waals surface area (Å²) in [5, 5.41) is 9.51. The van der Waals surface area contributed by atoms with Crippen LogP contribution in [0.2, 0.25) is 0 Å². The number of thioether (sulfide) groups is 1. The lowest BCUT2D eigenvalue weighted by Gasteiger charge is -2.27. The molecule has 1 saturated heterocycles. The fraction of sp³-hybridized carbons (Fsp3) is 0.550. The molecular formula is C20H25FN4O2S. The minimum Gasteiger partial charge on any atom is -0.379 e. The second kappa shape index (κ2) is 9.15. The maximum Gasteiger partial charge on any atom is 0.192 e. The quantitative estimate of drug-likeness (QED) is 0.738. The summed E-state index contributed by atoms with van der Waals surface area (Å²) in [6, 6.07) is 6.33. The molecule has 1 aliphatic carbocycles. The van der Waals surface area contributed by atoms with E-state index in [1.165, 1.54) is 23.9 Å². The molecular weight excluding hydrogens is 379 g/mol. The fourth-order valence-electron chi connectivity index (χ4n) is 3.66. The molecule has 1 unspecified atom stereocenters. The smallest absolute Gasteiger partial charge is 0.192 e. The summed E-state index contributed by atoms with van der Waals surface area (Å²) in [6.45, 7) is 4.93. The van der Waals surface area contributed by atoms with Gasteiger partial charge in [0.2, 0.25) is 0 Å². The first-order valence-corrected chi connectivity index (χ1v) is 10.8. The molecule has 1 aliphatic heterocycles. The van der Waals surface area contributed by atoms with Crippen LogP contribution in [0.4, 0.5) is 4.39 Å². The van der Waals surface area contributed by atoms with Crippen LogP contribution in [0.5, 0.6) is 0 Å². The Bertz CT molecular complexity index is 805. The molecule has 2 fully saturated rings. The molecule has 1 aromatic heterocycles. The number of Topliss-reactive ketones (excluding diaryl/α,β-unsaturated/α-hetero) is 1. The van der Waals surface area contributed by atoms with Gasteiger partial charge in [-0.1, -0.05) is 18.2 Å². The molecule has 0 radical (unpaired) electrons. The average molecular weight is 405 g/mol. The lowest BCUT2D eigenvalue weighted by Crippen LogP contribution is -2.38. The summed E-state index contributed by atoms with van der Waals surface area (Å²) in [6.07, 6.45) is 3.62. The Morgan fingerprint density at radius 2 is 1.89 bits per heavy atom. The van der Waals surface area contributed by atoms with E-state index in [0.717, 1.165) is 75.2 Å². The highest BCUT2D eigenvalue weighted by Crippen LogP contribution is 2.32. The highest BCUT2D eigenvalue weighted by atomic mass is 32.2. The first kappa shape index (κ1) is 19.5. The lowest BCUT2D eigenvalue weighted by atomic mass is 9.99. The number of aromatic nitrogens is 3. The van der Waals surface area contributed by atoms with Crippen molar-refractivity contribution in [3.63, 3.8) is 0 Å². The monoisotopic (exact) mass is 404 g/mol. The molecule has 8 heteroatoms. The zero-order valence-corrected chi connectivity index (χ0v) is 16.7. The number of morpholine rings is 1. The predicted molar refractivity (Wildman–Crippen MR) is 106 cm³/mol. The van der Waals surface area contributed by atoms with Crippen molar-refractivity contribution in [3.8, 4) is 11.4 Å². The number of ketones is 1. The minimum absolute atomic E-state index is 0.0406. The molecule has 2 heterocycles. The third-order valence-corrected chi connectivity index (χ3v) is 6.61. The highest BCUT2D eigenvalue weighted by Gasteiger charge is 2.26. The molecule has 1 aromatic carbocycles. The topological polar surface area (TPSA) is 60.2 Å². The van der Waals surface area contributed by atoms with Crippen LogP contribution in [-0.2, 0) is 16.1 Å². The number of benzene rings is 1. The van der Waals surface area contributed by atoms with Crippen molar-refractivity contribution in [2.45, 2.75) is 42.6 Å². The largest absolute Gasteiger partial charge is 0.379 e. The van der Waals surface area contributed by atoms with Gasteiger partial charge in [-0.2, -0.15) is 0 Å². The Labute approximate surface area is 168 Å². The summed E-state index contributed by atoms with van der Waals surface area (Å²) < 4.78 is 20.9. The van der Waals surface area contributed by atoms with E-state index in [2.05, 4.69) is 19.7 Å². The van der Waals surface area contributed by atoms with E-state index in [9.17, 15) is 9.18 Å². The van der Waals surface area contributed by atoms with Gasteiger partial charge in [-0.3, -0.25) is 9.69 Å². The van der Waals surface area contributed by atoms with Crippen LogP contribution in [0.1, 0.15) is 25.7 Å². The van der Waals surface area contributed by atoms with Crippen LogP contribution < -0.4 is 0 Å². The van der Waals surface area contributed by atoms with Crippen LogP contribution >= 0.6 is 11.8 Å². The number of carbonyl (C=O) groups is 1. The minimum atomic E-state index is -0.273. The van der Waals surface area contributed by atoms with Crippen molar-refractivity contribution in [1.29, 1.82) is 0 Å². The van der Waals surface area contributed by atoms with Crippen molar-refractivity contribution >= 4 is 17.5 Å². The fourth-order valence-corrected chi connectivity index (χ4v) is 4.84. The Kier molecular flexibility index (Phi) is 6.39. The van der Waals surface area contributed by atoms with E-state index >= 15 is 0 Å². The van der Waals surface area contributed by atoms with Crippen LogP contribution in [-0.4, -0.2) is 63.5 Å². The maximum absolute atomic E-state index is 13.3. The Morgan fingerprint density at radius 1 is 1.11 bits per heavy atom. The van der Waals surface area contributed by atoms with Crippen LogP contribution in [0.3, 0.4) is 0 Å². The molecule has 0 amide bonds. The zero-order valence-electron chi connectivity index (χ0n) is 15.8. The molecule has 28 heavy (non-hydrogen) atoms. The molecule has 2 aliphatic rings. The molecule has 0 spiro atoms. The number of hydrogen-bond donors (Lipinski definition) is 0. The normalized spacial score (nSPS) is 21.2.